The summed E-state index contributed by atoms with van der Waals surface area (Å²) in [5, 5.41) is 5.57. The largest absolute Gasteiger partial charge is 0.355 e. The molecule has 6 heteroatoms. The van der Waals surface area contributed by atoms with Gasteiger partial charge in [-0.05, 0) is 31.0 Å². The number of nitrogens with two attached hydrogens (primary N) is 1. The molecule has 0 fully saturated rings. The van der Waals surface area contributed by atoms with Gasteiger partial charge in [-0.15, -0.1) is 0 Å². The van der Waals surface area contributed by atoms with Gasteiger partial charge in [0.15, 0.2) is 0 Å². The fourth-order valence-corrected chi connectivity index (χ4v) is 1.89. The SMILES string of the molecule is CCC(N)(CC)C(=O)Nc1cc(C(=O)NC)ccc1Cl. The Morgan fingerprint density at radius 1 is 1.30 bits per heavy atom. The summed E-state index contributed by atoms with van der Waals surface area (Å²) in [5.41, 5.74) is 5.89. The van der Waals surface area contributed by atoms with E-state index >= 15 is 0 Å². The van der Waals surface area contributed by atoms with Crippen molar-refractivity contribution >= 4 is 29.1 Å². The fraction of sp³-hybridized carbons (Fsp3) is 0.429. The molecule has 0 radical (unpaired) electrons. The van der Waals surface area contributed by atoms with Crippen LogP contribution in [0, 0.1) is 0 Å². The number of anilines is 1. The van der Waals surface area contributed by atoms with E-state index in [0.29, 0.717) is 29.1 Å². The van der Waals surface area contributed by atoms with Crippen LogP contribution in [0.3, 0.4) is 0 Å². The van der Waals surface area contributed by atoms with E-state index in [4.69, 9.17) is 17.3 Å². The number of halogens is 1. The zero-order chi connectivity index (χ0) is 15.3. The van der Waals surface area contributed by atoms with Gasteiger partial charge >= 0.3 is 0 Å². The number of carbonyl (C=O) groups is 2. The first kappa shape index (κ1) is 16.5. The number of rotatable bonds is 5. The van der Waals surface area contributed by atoms with Crippen molar-refractivity contribution in [2.75, 3.05) is 12.4 Å². The van der Waals surface area contributed by atoms with Crippen molar-refractivity contribution in [1.82, 2.24) is 5.32 Å². The van der Waals surface area contributed by atoms with Crippen LogP contribution in [0.4, 0.5) is 5.69 Å². The number of benzene rings is 1. The summed E-state index contributed by atoms with van der Waals surface area (Å²) in [6.45, 7) is 3.71. The molecule has 20 heavy (non-hydrogen) atoms. The fourth-order valence-electron chi connectivity index (χ4n) is 1.72. The van der Waals surface area contributed by atoms with Crippen LogP contribution in [0.1, 0.15) is 37.0 Å². The lowest BCUT2D eigenvalue weighted by Crippen LogP contribution is -2.50. The first-order valence-electron chi connectivity index (χ1n) is 6.50. The average Bonchev–Trinajstić information content (AvgIpc) is 2.47. The Morgan fingerprint density at radius 3 is 2.40 bits per heavy atom. The van der Waals surface area contributed by atoms with Crippen molar-refractivity contribution in [3.05, 3.63) is 28.8 Å². The van der Waals surface area contributed by atoms with Crippen LogP contribution in [0.25, 0.3) is 0 Å². The van der Waals surface area contributed by atoms with E-state index in [0.717, 1.165) is 0 Å². The van der Waals surface area contributed by atoms with E-state index in [9.17, 15) is 9.59 Å². The zero-order valence-corrected chi connectivity index (χ0v) is 12.7. The minimum Gasteiger partial charge on any atom is -0.355 e. The van der Waals surface area contributed by atoms with Gasteiger partial charge in [0.1, 0.15) is 0 Å². The molecule has 0 saturated heterocycles. The van der Waals surface area contributed by atoms with E-state index < -0.39 is 5.54 Å². The zero-order valence-electron chi connectivity index (χ0n) is 11.9. The number of hydrogen-bond acceptors (Lipinski definition) is 3. The molecule has 0 unspecified atom stereocenters. The second-order valence-corrected chi connectivity index (χ2v) is 5.00. The van der Waals surface area contributed by atoms with Crippen LogP contribution in [0.5, 0.6) is 0 Å². The lowest BCUT2D eigenvalue weighted by Gasteiger charge is -2.25. The summed E-state index contributed by atoms with van der Waals surface area (Å²) in [6.07, 6.45) is 1.03. The molecule has 0 aromatic heterocycles. The molecule has 0 heterocycles. The van der Waals surface area contributed by atoms with E-state index in [1.165, 1.54) is 13.1 Å². The minimum absolute atomic E-state index is 0.248. The molecule has 5 nitrogen and oxygen atoms in total. The Morgan fingerprint density at radius 2 is 1.90 bits per heavy atom. The topological polar surface area (TPSA) is 84.2 Å². The van der Waals surface area contributed by atoms with Crippen LogP contribution in [0.2, 0.25) is 5.02 Å². The third kappa shape index (κ3) is 3.49. The van der Waals surface area contributed by atoms with Gasteiger partial charge in [-0.25, -0.2) is 0 Å². The molecule has 0 aliphatic heterocycles. The van der Waals surface area contributed by atoms with Crippen LogP contribution in [0.15, 0.2) is 18.2 Å². The van der Waals surface area contributed by atoms with Gasteiger partial charge in [0.05, 0.1) is 16.2 Å². The Bertz CT molecular complexity index is 513. The van der Waals surface area contributed by atoms with Crippen molar-refractivity contribution in [1.29, 1.82) is 0 Å². The standard InChI is InChI=1S/C14H20ClN3O2/c1-4-14(16,5-2)13(20)18-11-8-9(12(19)17-3)6-7-10(11)15/h6-8H,4-5,16H2,1-3H3,(H,17,19)(H,18,20). The first-order valence-corrected chi connectivity index (χ1v) is 6.87. The summed E-state index contributed by atoms with van der Waals surface area (Å²) >= 11 is 6.04. The van der Waals surface area contributed by atoms with Gasteiger partial charge in [-0.2, -0.15) is 0 Å². The normalized spacial score (nSPS) is 11.1. The summed E-state index contributed by atoms with van der Waals surface area (Å²) in [7, 11) is 1.54. The third-order valence-corrected chi connectivity index (χ3v) is 3.75. The lowest BCUT2D eigenvalue weighted by atomic mass is 9.93. The molecule has 0 aliphatic rings. The predicted molar refractivity (Wildman–Crippen MR) is 81.0 cm³/mol. The molecular formula is C14H20ClN3O2. The van der Waals surface area contributed by atoms with Crippen molar-refractivity contribution < 1.29 is 9.59 Å². The first-order chi connectivity index (χ1) is 9.37. The monoisotopic (exact) mass is 297 g/mol. The second kappa shape index (κ2) is 6.72. The molecule has 1 aromatic carbocycles. The molecule has 0 aliphatic carbocycles. The Balaban J connectivity index is 3.03. The summed E-state index contributed by atoms with van der Waals surface area (Å²) in [4.78, 5) is 23.8. The van der Waals surface area contributed by atoms with Crippen LogP contribution in [-0.2, 0) is 4.79 Å². The lowest BCUT2D eigenvalue weighted by molar-refractivity contribution is -0.121. The van der Waals surface area contributed by atoms with Crippen molar-refractivity contribution in [2.24, 2.45) is 5.73 Å². The maximum atomic E-state index is 12.2. The maximum absolute atomic E-state index is 12.2. The summed E-state index contributed by atoms with van der Waals surface area (Å²) in [6, 6.07) is 4.69. The molecule has 4 N–H and O–H groups in total. The summed E-state index contributed by atoms with van der Waals surface area (Å²) in [5.74, 6) is -0.555. The number of nitrogens with one attached hydrogen (secondary N) is 2. The highest BCUT2D eigenvalue weighted by Crippen LogP contribution is 2.25. The Hall–Kier alpha value is -1.59. The van der Waals surface area contributed by atoms with Crippen molar-refractivity contribution in [2.45, 2.75) is 32.2 Å². The maximum Gasteiger partial charge on any atom is 0.251 e. The van der Waals surface area contributed by atoms with Gasteiger partial charge < -0.3 is 16.4 Å². The number of hydrogen-bond donors (Lipinski definition) is 3. The minimum atomic E-state index is -0.938. The van der Waals surface area contributed by atoms with E-state index in [2.05, 4.69) is 10.6 Å². The molecule has 0 bridgehead atoms. The van der Waals surface area contributed by atoms with Gasteiger partial charge in [-0.1, -0.05) is 25.4 Å². The van der Waals surface area contributed by atoms with E-state index in [1.54, 1.807) is 12.1 Å². The Kier molecular flexibility index (Phi) is 5.53. The number of amides is 2. The predicted octanol–water partition coefficient (Wildman–Crippen LogP) is 2.16. The molecule has 1 rings (SSSR count). The highest BCUT2D eigenvalue weighted by molar-refractivity contribution is 6.34. The molecule has 2 amide bonds. The number of carbonyl (C=O) groups excluding carboxylic acids is 2. The highest BCUT2D eigenvalue weighted by atomic mass is 35.5. The van der Waals surface area contributed by atoms with Crippen molar-refractivity contribution in [3.8, 4) is 0 Å². The molecule has 110 valence electrons. The van der Waals surface area contributed by atoms with Crippen LogP contribution in [-0.4, -0.2) is 24.4 Å². The Labute approximate surface area is 123 Å². The second-order valence-electron chi connectivity index (χ2n) is 4.59. The molecule has 0 saturated carbocycles. The van der Waals surface area contributed by atoms with Gasteiger partial charge in [0.25, 0.3) is 5.91 Å². The molecular weight excluding hydrogens is 278 g/mol. The molecule has 0 spiro atoms. The molecule has 1 aromatic rings. The van der Waals surface area contributed by atoms with E-state index in [-0.39, 0.29) is 11.8 Å². The van der Waals surface area contributed by atoms with Crippen LogP contribution >= 0.6 is 11.6 Å². The molecule has 0 atom stereocenters. The van der Waals surface area contributed by atoms with Gasteiger partial charge in [0.2, 0.25) is 5.91 Å². The highest BCUT2D eigenvalue weighted by Gasteiger charge is 2.30. The van der Waals surface area contributed by atoms with Gasteiger partial charge in [0, 0.05) is 12.6 Å². The van der Waals surface area contributed by atoms with Crippen molar-refractivity contribution in [3.63, 3.8) is 0 Å². The summed E-state index contributed by atoms with van der Waals surface area (Å²) < 4.78 is 0. The average molecular weight is 298 g/mol. The third-order valence-electron chi connectivity index (χ3n) is 3.42. The quantitative estimate of drug-likeness (QED) is 0.778. The smallest absolute Gasteiger partial charge is 0.251 e. The van der Waals surface area contributed by atoms with E-state index in [1.807, 2.05) is 13.8 Å². The van der Waals surface area contributed by atoms with Crippen LogP contribution < -0.4 is 16.4 Å². The van der Waals surface area contributed by atoms with Gasteiger partial charge in [-0.3, -0.25) is 9.59 Å².